The Morgan fingerprint density at radius 2 is 1.33 bits per heavy atom. The first-order chi connectivity index (χ1) is 20.5. The van der Waals surface area contributed by atoms with Crippen LogP contribution in [-0.2, 0) is 48.1 Å². The maximum absolute atomic E-state index is 14.6. The topological polar surface area (TPSA) is 108 Å². The van der Waals surface area contributed by atoms with Crippen LogP contribution < -0.4 is 0 Å². The summed E-state index contributed by atoms with van der Waals surface area (Å²) in [5.41, 5.74) is -2.79. The number of unbranched alkanes of at least 4 members (excludes halogenated alkanes) is 1. The number of carbonyl (C=O) groups excluding carboxylic acids is 2. The molecule has 0 amide bonds. The van der Waals surface area contributed by atoms with Crippen molar-refractivity contribution < 1.29 is 48.1 Å². The first-order valence-corrected chi connectivity index (χ1v) is 17.0. The van der Waals surface area contributed by atoms with E-state index in [1.54, 1.807) is 0 Å². The lowest BCUT2D eigenvalue weighted by atomic mass is 9.49. The molecule has 0 aromatic rings. The van der Waals surface area contributed by atoms with E-state index in [0.29, 0.717) is 37.5 Å². The van der Waals surface area contributed by atoms with E-state index in [2.05, 4.69) is 20.8 Å². The smallest absolute Gasteiger partial charge is 0.314 e. The summed E-state index contributed by atoms with van der Waals surface area (Å²) in [5.74, 6) is -2.56. The summed E-state index contributed by atoms with van der Waals surface area (Å²) in [6.45, 7) is 10.4. The average Bonchev–Trinajstić information content (AvgIpc) is 3.34. The first-order valence-electron chi connectivity index (χ1n) is 17.0. The second-order valence-corrected chi connectivity index (χ2v) is 15.7. The lowest BCUT2D eigenvalue weighted by Crippen LogP contribution is -2.74. The van der Waals surface area contributed by atoms with E-state index in [0.717, 1.165) is 51.4 Å². The maximum Gasteiger partial charge on any atom is 0.314 e. The van der Waals surface area contributed by atoms with E-state index in [1.165, 1.54) is 0 Å². The van der Waals surface area contributed by atoms with E-state index in [-0.39, 0.29) is 35.6 Å². The molecule has 8 saturated heterocycles. The van der Waals surface area contributed by atoms with Gasteiger partial charge in [-0.25, -0.2) is 19.6 Å². The normalized spacial score (nSPS) is 56.7. The summed E-state index contributed by atoms with van der Waals surface area (Å²) in [7, 11) is 0. The minimum Gasteiger partial charge on any atom is -0.432 e. The molecule has 2 aliphatic carbocycles. The first kappa shape index (κ1) is 29.1. The van der Waals surface area contributed by atoms with Gasteiger partial charge in [0.15, 0.2) is 11.2 Å². The molecule has 10 fully saturated rings. The van der Waals surface area contributed by atoms with Gasteiger partial charge in [0.05, 0.1) is 11.3 Å². The highest BCUT2D eigenvalue weighted by Gasteiger charge is 2.76. The third-order valence-electron chi connectivity index (χ3n) is 13.4. The summed E-state index contributed by atoms with van der Waals surface area (Å²) in [5, 5.41) is 0. The quantitative estimate of drug-likeness (QED) is 0.286. The molecule has 2 saturated carbocycles. The van der Waals surface area contributed by atoms with Gasteiger partial charge in [-0.15, -0.1) is 0 Å². The highest BCUT2D eigenvalue weighted by molar-refractivity contribution is 5.81. The number of rotatable bonds is 5. The largest absolute Gasteiger partial charge is 0.432 e. The second kappa shape index (κ2) is 9.61. The van der Waals surface area contributed by atoms with Crippen molar-refractivity contribution in [3.8, 4) is 0 Å². The van der Waals surface area contributed by atoms with Crippen LogP contribution in [0.2, 0.25) is 0 Å². The van der Waals surface area contributed by atoms with Crippen molar-refractivity contribution in [2.24, 2.45) is 46.8 Å². The van der Waals surface area contributed by atoms with Gasteiger partial charge in [0.2, 0.25) is 24.2 Å². The molecule has 8 aliphatic heterocycles. The van der Waals surface area contributed by atoms with Crippen molar-refractivity contribution >= 4 is 11.9 Å². The van der Waals surface area contributed by atoms with Crippen LogP contribution in [0.15, 0.2) is 0 Å². The molecule has 10 heteroatoms. The second-order valence-electron chi connectivity index (χ2n) is 15.7. The Labute approximate surface area is 253 Å². The zero-order chi connectivity index (χ0) is 30.0. The number of ether oxygens (including phenoxy) is 4. The van der Waals surface area contributed by atoms with Crippen LogP contribution in [0.25, 0.3) is 0 Å². The Morgan fingerprint density at radius 3 is 2.00 bits per heavy atom. The van der Waals surface area contributed by atoms with Crippen molar-refractivity contribution in [2.75, 3.05) is 0 Å². The van der Waals surface area contributed by atoms with E-state index >= 15 is 0 Å². The summed E-state index contributed by atoms with van der Waals surface area (Å²) in [6.07, 6.45) is 7.55. The molecule has 8 heterocycles. The molecule has 2 spiro atoms. The lowest BCUT2D eigenvalue weighted by Gasteiger charge is -2.63. The van der Waals surface area contributed by atoms with Gasteiger partial charge in [-0.1, -0.05) is 33.6 Å². The van der Waals surface area contributed by atoms with Crippen molar-refractivity contribution in [3.05, 3.63) is 0 Å². The van der Waals surface area contributed by atoms with Crippen molar-refractivity contribution in [2.45, 2.75) is 147 Å². The molecular formula is C33H48O10. The van der Waals surface area contributed by atoms with Gasteiger partial charge in [-0.05, 0) is 77.0 Å². The molecule has 10 rings (SSSR count). The fourth-order valence-electron chi connectivity index (χ4n) is 11.1. The van der Waals surface area contributed by atoms with Gasteiger partial charge in [0.1, 0.15) is 0 Å². The highest BCUT2D eigenvalue weighted by Crippen LogP contribution is 2.67. The minimum absolute atomic E-state index is 0.110. The SMILES string of the molecule is CCCCC1(CC2C(=O)O[C@@H]3O[C@@]4(C)CC[C@H]5[C@H](C)CC[C@@H]2[C@@]35OO4)C(=O)O[C@@H]2O[C@@]3(C)CC[C@H]4[C@H](C)CC[C@@H]1[C@@]24OO3. The molecule has 43 heavy (non-hydrogen) atoms. The molecule has 0 aromatic carbocycles. The number of carbonyl (C=O) groups is 2. The number of fused-ring (bicyclic) bond motifs is 4. The Morgan fingerprint density at radius 1 is 0.721 bits per heavy atom. The van der Waals surface area contributed by atoms with Gasteiger partial charge in [0, 0.05) is 36.5 Å². The highest BCUT2D eigenvalue weighted by atomic mass is 17.3. The van der Waals surface area contributed by atoms with Gasteiger partial charge < -0.3 is 18.9 Å². The molecular weight excluding hydrogens is 556 g/mol. The van der Waals surface area contributed by atoms with E-state index in [9.17, 15) is 9.59 Å². The standard InChI is InChI=1S/C33H48O10/c1-6-7-14-31(24-11-9-19(3)22-13-16-30(5)39-28(37-26(31)35)33(22,24)43-41-30)17-20-23-10-8-18(2)21-12-15-29(4)38-27(36-25(20)34)32(21,23)42-40-29/h18-24,27-28H,6-17H2,1-5H3/t18-,19-,20?,21+,22+,23+,24+,27-,28-,29-,30-,31?,32-,33-/m1/s1. The summed E-state index contributed by atoms with van der Waals surface area (Å²) in [6, 6.07) is 0. The molecule has 4 bridgehead atoms. The van der Waals surface area contributed by atoms with Crippen molar-refractivity contribution in [1.82, 2.24) is 0 Å². The minimum atomic E-state index is -0.961. The molecule has 10 nitrogen and oxygen atoms in total. The van der Waals surface area contributed by atoms with Gasteiger partial charge in [0.25, 0.3) is 0 Å². The zero-order valence-corrected chi connectivity index (χ0v) is 26.3. The summed E-state index contributed by atoms with van der Waals surface area (Å²) in [4.78, 5) is 53.6. The van der Waals surface area contributed by atoms with Crippen LogP contribution in [0.3, 0.4) is 0 Å². The van der Waals surface area contributed by atoms with Gasteiger partial charge in [-0.2, -0.15) is 0 Å². The summed E-state index contributed by atoms with van der Waals surface area (Å²) < 4.78 is 25.4. The summed E-state index contributed by atoms with van der Waals surface area (Å²) >= 11 is 0. The fraction of sp³-hybridized carbons (Fsp3) is 0.939. The lowest BCUT2D eigenvalue weighted by molar-refractivity contribution is -0.564. The molecule has 0 radical (unpaired) electrons. The van der Waals surface area contributed by atoms with Crippen LogP contribution in [0, 0.1) is 46.8 Å². The molecule has 2 unspecified atom stereocenters. The van der Waals surface area contributed by atoms with Gasteiger partial charge in [-0.3, -0.25) is 9.59 Å². The van der Waals surface area contributed by atoms with E-state index in [4.69, 9.17) is 38.5 Å². The van der Waals surface area contributed by atoms with E-state index in [1.807, 2.05) is 13.8 Å². The third kappa shape index (κ3) is 3.80. The predicted molar refractivity (Wildman–Crippen MR) is 148 cm³/mol. The molecule has 0 aromatic heterocycles. The maximum atomic E-state index is 14.6. The molecule has 0 N–H and O–H groups in total. The predicted octanol–water partition coefficient (Wildman–Crippen LogP) is 5.71. The Hall–Kier alpha value is -1.30. The Kier molecular flexibility index (Phi) is 6.51. The van der Waals surface area contributed by atoms with E-state index < -0.39 is 46.7 Å². The monoisotopic (exact) mass is 604 g/mol. The number of hydrogen-bond donors (Lipinski definition) is 0. The Balaban J connectivity index is 1.22. The number of esters is 2. The average molecular weight is 605 g/mol. The zero-order valence-electron chi connectivity index (χ0n) is 26.3. The van der Waals surface area contributed by atoms with Gasteiger partial charge >= 0.3 is 11.9 Å². The third-order valence-corrected chi connectivity index (χ3v) is 13.4. The fourth-order valence-corrected chi connectivity index (χ4v) is 11.1. The van der Waals surface area contributed by atoms with Crippen molar-refractivity contribution in [3.63, 3.8) is 0 Å². The molecule has 14 atom stereocenters. The van der Waals surface area contributed by atoms with Crippen LogP contribution in [0.5, 0.6) is 0 Å². The van der Waals surface area contributed by atoms with Crippen LogP contribution in [0.4, 0.5) is 0 Å². The van der Waals surface area contributed by atoms with Crippen LogP contribution >= 0.6 is 0 Å². The molecule has 10 aliphatic rings. The molecule has 240 valence electrons. The van der Waals surface area contributed by atoms with Crippen LogP contribution in [0.1, 0.15) is 112 Å². The number of hydrogen-bond acceptors (Lipinski definition) is 10. The van der Waals surface area contributed by atoms with Crippen molar-refractivity contribution in [1.29, 1.82) is 0 Å². The Bertz CT molecular complexity index is 1180. The van der Waals surface area contributed by atoms with Crippen LogP contribution in [-0.4, -0.2) is 47.3 Å².